The van der Waals surface area contributed by atoms with Gasteiger partial charge in [-0.15, -0.1) is 0 Å². The van der Waals surface area contributed by atoms with Crippen molar-refractivity contribution >= 4 is 15.8 Å². The van der Waals surface area contributed by atoms with E-state index in [4.69, 9.17) is 4.74 Å². The number of ether oxygens (including phenoxy) is 1. The van der Waals surface area contributed by atoms with Gasteiger partial charge in [0.25, 0.3) is 0 Å². The number of anilines is 1. The number of pyridine rings is 1. The fourth-order valence-electron chi connectivity index (χ4n) is 3.21. The van der Waals surface area contributed by atoms with Crippen LogP contribution in [0.5, 0.6) is 11.8 Å². The smallest absolute Gasteiger partial charge is 0.324 e. The molecule has 0 amide bonds. The minimum atomic E-state index is -3.72. The molecule has 0 aliphatic heterocycles. The van der Waals surface area contributed by atoms with Crippen LogP contribution in [0.1, 0.15) is 32.3 Å². The molecule has 2 aromatic heterocycles. The largest absolute Gasteiger partial charge is 0.421 e. The molecule has 170 valence electrons. The Balaban J connectivity index is 2.11. The van der Waals surface area contributed by atoms with Crippen LogP contribution in [-0.4, -0.2) is 28.2 Å². The number of nitrogens with one attached hydrogen (secondary N) is 1. The van der Waals surface area contributed by atoms with Crippen molar-refractivity contribution in [2.24, 2.45) is 7.05 Å². The lowest BCUT2D eigenvalue weighted by atomic mass is 10.2. The lowest BCUT2D eigenvalue weighted by molar-refractivity contribution is 0.409. The summed E-state index contributed by atoms with van der Waals surface area (Å²) in [5, 5.41) is -0.600. The van der Waals surface area contributed by atoms with E-state index >= 15 is 0 Å². The maximum absolute atomic E-state index is 14.3. The van der Waals surface area contributed by atoms with Gasteiger partial charge in [-0.05, 0) is 37.5 Å². The first-order chi connectivity index (χ1) is 15.1. The van der Waals surface area contributed by atoms with E-state index in [2.05, 4.69) is 14.7 Å². The molecule has 1 N–H and O–H groups in total. The monoisotopic (exact) mass is 460 g/mol. The van der Waals surface area contributed by atoms with Crippen LogP contribution in [0.2, 0.25) is 0 Å². The molecule has 0 unspecified atom stereocenters. The quantitative estimate of drug-likeness (QED) is 0.545. The molecule has 3 rings (SSSR count). The number of aromatic nitrogens is 3. The molecule has 0 saturated heterocycles. The summed E-state index contributed by atoms with van der Waals surface area (Å²) in [5.41, 5.74) is 1.16. The first-order valence-corrected chi connectivity index (χ1v) is 11.7. The molecule has 0 atom stereocenters. The second-order valence-electron chi connectivity index (χ2n) is 7.36. The van der Waals surface area contributed by atoms with Gasteiger partial charge in [-0.1, -0.05) is 26.0 Å². The molecule has 0 saturated carbocycles. The van der Waals surface area contributed by atoms with Gasteiger partial charge in [-0.25, -0.2) is 12.8 Å². The molecule has 32 heavy (non-hydrogen) atoms. The van der Waals surface area contributed by atoms with Crippen LogP contribution < -0.4 is 15.0 Å². The van der Waals surface area contributed by atoms with E-state index < -0.39 is 21.1 Å². The molecule has 0 spiro atoms. The molecule has 0 aliphatic rings. The van der Waals surface area contributed by atoms with Crippen molar-refractivity contribution in [2.45, 2.75) is 38.9 Å². The molecule has 0 aliphatic carbocycles. The average Bonchev–Trinajstić information content (AvgIpc) is 2.73. The van der Waals surface area contributed by atoms with E-state index in [1.165, 1.54) is 22.8 Å². The van der Waals surface area contributed by atoms with Gasteiger partial charge in [-0.3, -0.25) is 9.52 Å². The number of rotatable bonds is 8. The number of aryl methyl sites for hydroxylation is 2. The summed E-state index contributed by atoms with van der Waals surface area (Å²) in [6.07, 6.45) is 2.42. The lowest BCUT2D eigenvalue weighted by Gasteiger charge is -2.16. The standard InChI is InChI=1S/C22H25FN4O4S/c1-5-16(6-2)32(29,30)26-19-12-18(15-10-11-20(28)27(4)13-15)24-22(25-19)31-21-14(3)8-7-9-17(21)23/h7-13,16H,5-6H2,1-4H3,(H,24,25,26). The highest BCUT2D eigenvalue weighted by Gasteiger charge is 2.23. The van der Waals surface area contributed by atoms with Crippen LogP contribution >= 0.6 is 0 Å². The summed E-state index contributed by atoms with van der Waals surface area (Å²) >= 11 is 0. The Kier molecular flexibility index (Phi) is 6.93. The average molecular weight is 461 g/mol. The number of hydrogen-bond donors (Lipinski definition) is 1. The predicted molar refractivity (Wildman–Crippen MR) is 121 cm³/mol. The Morgan fingerprint density at radius 2 is 1.88 bits per heavy atom. The van der Waals surface area contributed by atoms with E-state index in [1.807, 2.05) is 0 Å². The SMILES string of the molecule is CCC(CC)S(=O)(=O)Nc1cc(-c2ccc(=O)n(C)c2)nc(Oc2c(C)cccc2F)n1. The molecule has 10 heteroatoms. The van der Waals surface area contributed by atoms with Crippen LogP contribution in [0, 0.1) is 12.7 Å². The zero-order valence-electron chi connectivity index (χ0n) is 18.3. The van der Waals surface area contributed by atoms with Crippen molar-refractivity contribution in [1.29, 1.82) is 0 Å². The van der Waals surface area contributed by atoms with Crippen molar-refractivity contribution < 1.29 is 17.5 Å². The Morgan fingerprint density at radius 3 is 2.50 bits per heavy atom. The highest BCUT2D eigenvalue weighted by atomic mass is 32.2. The molecular weight excluding hydrogens is 435 g/mol. The number of benzene rings is 1. The number of nitrogens with zero attached hydrogens (tertiary/aromatic N) is 3. The van der Waals surface area contributed by atoms with Gasteiger partial charge < -0.3 is 9.30 Å². The fraction of sp³-hybridized carbons (Fsp3) is 0.318. The van der Waals surface area contributed by atoms with E-state index in [0.717, 1.165) is 0 Å². The van der Waals surface area contributed by atoms with Gasteiger partial charge in [0.15, 0.2) is 11.6 Å². The summed E-state index contributed by atoms with van der Waals surface area (Å²) in [5.74, 6) is -0.668. The first-order valence-electron chi connectivity index (χ1n) is 10.1. The molecule has 8 nitrogen and oxygen atoms in total. The zero-order valence-corrected chi connectivity index (χ0v) is 19.1. The molecule has 3 aromatic rings. The number of hydrogen-bond acceptors (Lipinski definition) is 6. The van der Waals surface area contributed by atoms with E-state index in [9.17, 15) is 17.6 Å². The van der Waals surface area contributed by atoms with Crippen LogP contribution in [-0.2, 0) is 17.1 Å². The van der Waals surface area contributed by atoms with E-state index in [-0.39, 0.29) is 23.1 Å². The van der Waals surface area contributed by atoms with Crippen LogP contribution in [0.25, 0.3) is 11.3 Å². The van der Waals surface area contributed by atoms with Gasteiger partial charge in [-0.2, -0.15) is 9.97 Å². The van der Waals surface area contributed by atoms with Gasteiger partial charge in [0, 0.05) is 30.9 Å². The zero-order chi connectivity index (χ0) is 23.5. The summed E-state index contributed by atoms with van der Waals surface area (Å²) in [6, 6.07) is 8.61. The Hall–Kier alpha value is -3.27. The number of halogens is 1. The first kappa shape index (κ1) is 23.4. The van der Waals surface area contributed by atoms with Crippen molar-refractivity contribution in [2.75, 3.05) is 4.72 Å². The minimum Gasteiger partial charge on any atom is -0.421 e. The Labute approximate surface area is 186 Å². The van der Waals surface area contributed by atoms with Crippen molar-refractivity contribution in [1.82, 2.24) is 14.5 Å². The fourth-order valence-corrected chi connectivity index (χ4v) is 4.65. The van der Waals surface area contributed by atoms with Gasteiger partial charge in [0.2, 0.25) is 15.6 Å². The van der Waals surface area contributed by atoms with Gasteiger partial charge in [0.05, 0.1) is 10.9 Å². The summed E-state index contributed by atoms with van der Waals surface area (Å²) in [7, 11) is -2.13. The van der Waals surface area contributed by atoms with Crippen molar-refractivity contribution in [3.63, 3.8) is 0 Å². The number of para-hydroxylation sites is 1. The molecule has 0 radical (unpaired) electrons. The summed E-state index contributed by atoms with van der Waals surface area (Å²) in [4.78, 5) is 20.2. The molecule has 0 bridgehead atoms. The second kappa shape index (κ2) is 9.47. The van der Waals surface area contributed by atoms with Crippen LogP contribution in [0.4, 0.5) is 10.2 Å². The normalized spacial score (nSPS) is 11.6. The Bertz CT molecular complexity index is 1270. The van der Waals surface area contributed by atoms with Gasteiger partial charge >= 0.3 is 6.01 Å². The maximum Gasteiger partial charge on any atom is 0.324 e. The highest BCUT2D eigenvalue weighted by Crippen LogP contribution is 2.29. The van der Waals surface area contributed by atoms with E-state index in [0.29, 0.717) is 29.7 Å². The maximum atomic E-state index is 14.3. The van der Waals surface area contributed by atoms with Crippen LogP contribution in [0.3, 0.4) is 0 Å². The van der Waals surface area contributed by atoms with Crippen molar-refractivity contribution in [3.05, 3.63) is 64.3 Å². The number of sulfonamides is 1. The molecule has 2 heterocycles. The third-order valence-corrected chi connectivity index (χ3v) is 7.08. The molecule has 1 aromatic carbocycles. The van der Waals surface area contributed by atoms with E-state index in [1.54, 1.807) is 52.2 Å². The Morgan fingerprint density at radius 1 is 1.16 bits per heavy atom. The van der Waals surface area contributed by atoms with Gasteiger partial charge in [0.1, 0.15) is 5.82 Å². The summed E-state index contributed by atoms with van der Waals surface area (Å²) < 4.78 is 49.3. The minimum absolute atomic E-state index is 0.0141. The molecular formula is C22H25FN4O4S. The third-order valence-electron chi connectivity index (χ3n) is 5.04. The third kappa shape index (κ3) is 5.13. The topological polar surface area (TPSA) is 103 Å². The lowest BCUT2D eigenvalue weighted by Crippen LogP contribution is -2.27. The second-order valence-corrected chi connectivity index (χ2v) is 9.32. The predicted octanol–water partition coefficient (Wildman–Crippen LogP) is 4.01. The summed E-state index contributed by atoms with van der Waals surface area (Å²) in [6.45, 7) is 5.25. The van der Waals surface area contributed by atoms with Crippen LogP contribution in [0.15, 0.2) is 47.4 Å². The highest BCUT2D eigenvalue weighted by molar-refractivity contribution is 7.93. The van der Waals surface area contributed by atoms with Crippen molar-refractivity contribution in [3.8, 4) is 23.0 Å². The molecule has 0 fully saturated rings.